The molecule has 0 unspecified atom stereocenters. The molecule has 3 aliphatic rings. The molecule has 5 rings (SSSR count). The summed E-state index contributed by atoms with van der Waals surface area (Å²) in [6.45, 7) is 2.17. The average Bonchev–Trinajstić information content (AvgIpc) is 3.59. The molecule has 4 atom stereocenters. The number of Topliss-reactive ketones (excluding diaryl/α,β-unsaturated/α-hetero) is 1. The fraction of sp³-hybridized carbons (Fsp3) is 0.522. The highest BCUT2D eigenvalue weighted by molar-refractivity contribution is 7.17. The first kappa shape index (κ1) is 22.4. The van der Waals surface area contributed by atoms with Crippen molar-refractivity contribution < 1.29 is 19.1 Å². The molecule has 1 aliphatic carbocycles. The van der Waals surface area contributed by atoms with E-state index >= 15 is 0 Å². The van der Waals surface area contributed by atoms with Crippen LogP contribution in [0.4, 0.5) is 0 Å². The number of nitrogens with one attached hydrogen (secondary N) is 1. The van der Waals surface area contributed by atoms with Crippen molar-refractivity contribution in [3.8, 4) is 10.4 Å². The Morgan fingerprint density at radius 1 is 1.24 bits per heavy atom. The number of aryl methyl sites for hydroxylation is 1. The molecular formula is C23H25ClN4O4S. The number of alkyl halides is 1. The van der Waals surface area contributed by atoms with Crippen LogP contribution in [0.15, 0.2) is 24.5 Å². The SMILES string of the molecule is Cc1cnncc1-c1ccc(C(=O)N[C@H](C(=O)N2C[C@H](Cl)[C@H]3OCC(=O)[C@H]32)C2CCCC2)s1. The molecule has 0 spiro atoms. The van der Waals surface area contributed by atoms with Gasteiger partial charge in [0.2, 0.25) is 5.91 Å². The molecule has 0 radical (unpaired) electrons. The molecule has 33 heavy (non-hydrogen) atoms. The van der Waals surface area contributed by atoms with Gasteiger partial charge in [0.1, 0.15) is 24.8 Å². The molecule has 2 amide bonds. The van der Waals surface area contributed by atoms with Crippen molar-refractivity contribution >= 4 is 40.5 Å². The first-order valence-corrected chi connectivity index (χ1v) is 12.5. The van der Waals surface area contributed by atoms with Crippen molar-refractivity contribution in [2.45, 2.75) is 56.2 Å². The third-order valence-corrected chi connectivity index (χ3v) is 8.36. The molecule has 1 N–H and O–H groups in total. The van der Waals surface area contributed by atoms with E-state index < -0.39 is 23.6 Å². The molecule has 10 heteroatoms. The zero-order valence-corrected chi connectivity index (χ0v) is 19.8. The number of carbonyl (C=O) groups is 3. The van der Waals surface area contributed by atoms with Gasteiger partial charge >= 0.3 is 0 Å². The molecule has 8 nitrogen and oxygen atoms in total. The van der Waals surface area contributed by atoms with E-state index in [2.05, 4.69) is 15.5 Å². The van der Waals surface area contributed by atoms with Crippen LogP contribution in [0.1, 0.15) is 40.9 Å². The molecule has 2 aromatic heterocycles. The van der Waals surface area contributed by atoms with Crippen LogP contribution in [-0.2, 0) is 14.3 Å². The van der Waals surface area contributed by atoms with Gasteiger partial charge in [0.25, 0.3) is 5.91 Å². The highest BCUT2D eigenvalue weighted by Gasteiger charge is 2.53. The van der Waals surface area contributed by atoms with Crippen LogP contribution in [0.5, 0.6) is 0 Å². The topological polar surface area (TPSA) is 101 Å². The monoisotopic (exact) mass is 488 g/mol. The number of likely N-dealkylation sites (tertiary alicyclic amines) is 1. The summed E-state index contributed by atoms with van der Waals surface area (Å²) in [6, 6.07) is 2.30. The summed E-state index contributed by atoms with van der Waals surface area (Å²) in [6.07, 6.45) is 6.67. The third-order valence-electron chi connectivity index (χ3n) is 6.85. The maximum atomic E-state index is 13.6. The van der Waals surface area contributed by atoms with E-state index in [0.29, 0.717) is 4.88 Å². The fourth-order valence-electron chi connectivity index (χ4n) is 5.13. The molecule has 2 aromatic rings. The molecule has 0 aromatic carbocycles. The predicted molar refractivity (Wildman–Crippen MR) is 123 cm³/mol. The van der Waals surface area contributed by atoms with E-state index in [-0.39, 0.29) is 36.7 Å². The average molecular weight is 489 g/mol. The molecule has 2 aliphatic heterocycles. The minimum absolute atomic E-state index is 0.0238. The number of carbonyl (C=O) groups excluding carboxylic acids is 3. The Balaban J connectivity index is 1.37. The van der Waals surface area contributed by atoms with Crippen LogP contribution < -0.4 is 5.32 Å². The van der Waals surface area contributed by atoms with Gasteiger partial charge in [-0.25, -0.2) is 0 Å². The Labute approximate surface area is 200 Å². The highest BCUT2D eigenvalue weighted by Crippen LogP contribution is 2.35. The number of amides is 2. The summed E-state index contributed by atoms with van der Waals surface area (Å²) < 4.78 is 5.52. The lowest BCUT2D eigenvalue weighted by atomic mass is 9.96. The van der Waals surface area contributed by atoms with Crippen LogP contribution >= 0.6 is 22.9 Å². The smallest absolute Gasteiger partial charge is 0.262 e. The summed E-state index contributed by atoms with van der Waals surface area (Å²) in [7, 11) is 0. The highest BCUT2D eigenvalue weighted by atomic mass is 35.5. The number of thiophene rings is 1. The van der Waals surface area contributed by atoms with Gasteiger partial charge in [-0.15, -0.1) is 22.9 Å². The lowest BCUT2D eigenvalue weighted by Gasteiger charge is -2.30. The van der Waals surface area contributed by atoms with Gasteiger partial charge in [0, 0.05) is 17.0 Å². The zero-order valence-electron chi connectivity index (χ0n) is 18.2. The lowest BCUT2D eigenvalue weighted by Crippen LogP contribution is -2.54. The van der Waals surface area contributed by atoms with Crippen LogP contribution in [0.2, 0.25) is 0 Å². The molecule has 174 valence electrons. The van der Waals surface area contributed by atoms with Crippen LogP contribution in [0.3, 0.4) is 0 Å². The number of hydrogen-bond acceptors (Lipinski definition) is 7. The summed E-state index contributed by atoms with van der Waals surface area (Å²) >= 11 is 7.74. The maximum absolute atomic E-state index is 13.6. The Morgan fingerprint density at radius 3 is 2.76 bits per heavy atom. The van der Waals surface area contributed by atoms with E-state index in [0.717, 1.165) is 41.7 Å². The zero-order chi connectivity index (χ0) is 23.1. The first-order chi connectivity index (χ1) is 15.9. The number of hydrogen-bond donors (Lipinski definition) is 1. The lowest BCUT2D eigenvalue weighted by molar-refractivity contribution is -0.139. The second-order valence-corrected chi connectivity index (χ2v) is 10.6. The van der Waals surface area contributed by atoms with Crippen LogP contribution in [0, 0.1) is 12.8 Å². The quantitative estimate of drug-likeness (QED) is 0.649. The number of rotatable bonds is 5. The summed E-state index contributed by atoms with van der Waals surface area (Å²) in [5.74, 6) is -0.614. The maximum Gasteiger partial charge on any atom is 0.262 e. The Hall–Kier alpha value is -2.36. The van der Waals surface area contributed by atoms with Crippen molar-refractivity contribution in [2.75, 3.05) is 13.2 Å². The Kier molecular flexibility index (Phi) is 6.20. The van der Waals surface area contributed by atoms with Gasteiger partial charge in [-0.05, 0) is 43.4 Å². The number of aromatic nitrogens is 2. The number of ether oxygens (including phenoxy) is 1. The van der Waals surface area contributed by atoms with E-state index in [1.165, 1.54) is 16.2 Å². The van der Waals surface area contributed by atoms with Gasteiger partial charge in [-0.1, -0.05) is 12.8 Å². The number of fused-ring (bicyclic) bond motifs is 1. The molecule has 2 saturated heterocycles. The van der Waals surface area contributed by atoms with Gasteiger partial charge in [0.15, 0.2) is 5.78 Å². The van der Waals surface area contributed by atoms with E-state index in [1.54, 1.807) is 18.5 Å². The van der Waals surface area contributed by atoms with E-state index in [1.807, 2.05) is 13.0 Å². The van der Waals surface area contributed by atoms with E-state index in [9.17, 15) is 14.4 Å². The number of halogens is 1. The minimum atomic E-state index is -0.689. The van der Waals surface area contributed by atoms with Crippen molar-refractivity contribution in [1.29, 1.82) is 0 Å². The molecular weight excluding hydrogens is 464 g/mol. The van der Waals surface area contributed by atoms with Crippen molar-refractivity contribution in [1.82, 2.24) is 20.4 Å². The second-order valence-electron chi connectivity index (χ2n) is 8.94. The van der Waals surface area contributed by atoms with Crippen molar-refractivity contribution in [2.24, 2.45) is 5.92 Å². The normalized spacial score (nSPS) is 25.9. The van der Waals surface area contributed by atoms with Crippen LogP contribution in [-0.4, -0.2) is 69.4 Å². The van der Waals surface area contributed by atoms with Gasteiger partial charge in [-0.2, -0.15) is 10.2 Å². The van der Waals surface area contributed by atoms with Gasteiger partial charge in [-0.3, -0.25) is 14.4 Å². The minimum Gasteiger partial charge on any atom is -0.366 e. The van der Waals surface area contributed by atoms with Gasteiger partial charge in [0.05, 0.1) is 22.6 Å². The predicted octanol–water partition coefficient (Wildman–Crippen LogP) is 2.59. The number of nitrogens with zero attached hydrogens (tertiary/aromatic N) is 3. The van der Waals surface area contributed by atoms with E-state index in [4.69, 9.17) is 16.3 Å². The Bertz CT molecular complexity index is 1090. The molecule has 1 saturated carbocycles. The molecule has 0 bridgehead atoms. The van der Waals surface area contributed by atoms with Crippen LogP contribution in [0.25, 0.3) is 10.4 Å². The van der Waals surface area contributed by atoms with Crippen molar-refractivity contribution in [3.05, 3.63) is 35.0 Å². The molecule has 4 heterocycles. The summed E-state index contributed by atoms with van der Waals surface area (Å²) in [4.78, 5) is 42.2. The third kappa shape index (κ3) is 4.18. The fourth-order valence-corrected chi connectivity index (χ4v) is 6.48. The standard InChI is InChI=1S/C23H25ClN4O4S/c1-12-8-25-26-9-14(12)17-6-7-18(33-17)22(30)27-19(13-4-2-3-5-13)23(31)28-10-15(24)21-20(28)16(29)11-32-21/h6-9,13,15,19-21H,2-5,10-11H2,1H3,(H,27,30)/t15-,19-,20+,21+/m0/s1. The summed E-state index contributed by atoms with van der Waals surface area (Å²) in [5.41, 5.74) is 1.90. The largest absolute Gasteiger partial charge is 0.366 e. The van der Waals surface area contributed by atoms with Crippen molar-refractivity contribution in [3.63, 3.8) is 0 Å². The number of ketones is 1. The second kappa shape index (κ2) is 9.12. The van der Waals surface area contributed by atoms with Gasteiger partial charge < -0.3 is 15.0 Å². The first-order valence-electron chi connectivity index (χ1n) is 11.2. The summed E-state index contributed by atoms with van der Waals surface area (Å²) in [5, 5.41) is 10.4. The Morgan fingerprint density at radius 2 is 2.00 bits per heavy atom. The molecule has 3 fully saturated rings.